The van der Waals surface area contributed by atoms with Crippen LogP contribution in [-0.4, -0.2) is 45.9 Å². The first-order chi connectivity index (χ1) is 13.4. The fourth-order valence-electron chi connectivity index (χ4n) is 3.09. The van der Waals surface area contributed by atoms with Gasteiger partial charge in [-0.1, -0.05) is 23.5 Å². The van der Waals surface area contributed by atoms with E-state index in [0.29, 0.717) is 18.7 Å². The number of nitrogens with one attached hydrogen (secondary N) is 1. The summed E-state index contributed by atoms with van der Waals surface area (Å²) in [6, 6.07) is 7.39. The highest BCUT2D eigenvalue weighted by atomic mass is 32.2. The minimum Gasteiger partial charge on any atom is -0.341 e. The summed E-state index contributed by atoms with van der Waals surface area (Å²) >= 11 is 3.09. The number of aromatic nitrogens is 1. The third kappa shape index (κ3) is 5.26. The van der Waals surface area contributed by atoms with E-state index < -0.39 is 0 Å². The molecule has 2 aromatic rings. The van der Waals surface area contributed by atoms with Crippen LogP contribution in [0.1, 0.15) is 22.6 Å². The lowest BCUT2D eigenvalue weighted by Crippen LogP contribution is -2.38. The van der Waals surface area contributed by atoms with Gasteiger partial charge in [0, 0.05) is 53.8 Å². The maximum Gasteiger partial charge on any atom is 0.307 e. The molecule has 2 heterocycles. The molecule has 28 heavy (non-hydrogen) atoms. The van der Waals surface area contributed by atoms with E-state index in [4.69, 9.17) is 0 Å². The van der Waals surface area contributed by atoms with Gasteiger partial charge in [0.2, 0.25) is 11.8 Å². The molecule has 150 valence electrons. The van der Waals surface area contributed by atoms with Gasteiger partial charge in [0.05, 0.1) is 6.42 Å². The molecule has 1 aromatic carbocycles. The van der Waals surface area contributed by atoms with Crippen molar-refractivity contribution in [3.63, 3.8) is 0 Å². The van der Waals surface area contributed by atoms with Gasteiger partial charge in [0.1, 0.15) is 0 Å². The first-order valence-corrected chi connectivity index (χ1v) is 11.3. The van der Waals surface area contributed by atoms with Crippen LogP contribution in [0, 0.1) is 13.8 Å². The number of hydrogen-bond acceptors (Lipinski definition) is 5. The summed E-state index contributed by atoms with van der Waals surface area (Å²) in [7, 11) is 0. The minimum absolute atomic E-state index is 0.0240. The van der Waals surface area contributed by atoms with E-state index in [-0.39, 0.29) is 23.1 Å². The number of thioether (sulfide) groups is 1. The third-order valence-corrected chi connectivity index (χ3v) is 6.83. The summed E-state index contributed by atoms with van der Waals surface area (Å²) in [6.07, 6.45) is 0.628. The zero-order valence-corrected chi connectivity index (χ0v) is 17.8. The Bertz CT molecular complexity index is 896. The number of nitrogens with zero attached hydrogens (tertiary/aromatic N) is 2. The number of rotatable bonds is 6. The molecule has 3 rings (SSSR count). The number of thiazole rings is 1. The van der Waals surface area contributed by atoms with E-state index in [9.17, 15) is 14.4 Å². The Hall–Kier alpha value is -2.06. The summed E-state index contributed by atoms with van der Waals surface area (Å²) in [4.78, 5) is 39.3. The molecule has 1 saturated heterocycles. The normalized spacial score (nSPS) is 14.1. The van der Waals surface area contributed by atoms with E-state index in [1.165, 1.54) is 11.3 Å². The van der Waals surface area contributed by atoms with E-state index >= 15 is 0 Å². The number of carbonyl (C=O) groups is 2. The first-order valence-electron chi connectivity index (χ1n) is 9.35. The quantitative estimate of drug-likeness (QED) is 0.781. The fourth-order valence-corrected chi connectivity index (χ4v) is 4.85. The van der Waals surface area contributed by atoms with Crippen LogP contribution in [0.3, 0.4) is 0 Å². The molecule has 6 nitrogen and oxygen atoms in total. The molecule has 0 radical (unpaired) electrons. The predicted octanol–water partition coefficient (Wildman–Crippen LogP) is 2.67. The molecule has 0 saturated carbocycles. The molecule has 8 heteroatoms. The second-order valence-electron chi connectivity index (χ2n) is 6.83. The van der Waals surface area contributed by atoms with Crippen LogP contribution < -0.4 is 10.2 Å². The SMILES string of the molecule is Cc1sc(=O)n(CCC(=O)Nc2ccc(CC(=O)N3CCSCC3)cc2)c1C. The highest BCUT2D eigenvalue weighted by Gasteiger charge is 2.17. The summed E-state index contributed by atoms with van der Waals surface area (Å²) in [5, 5.41) is 2.85. The molecule has 1 aliphatic heterocycles. The molecule has 1 fully saturated rings. The fraction of sp³-hybridized carbons (Fsp3) is 0.450. The number of aryl methyl sites for hydroxylation is 1. The van der Waals surface area contributed by atoms with E-state index in [2.05, 4.69) is 5.32 Å². The Morgan fingerprint density at radius 2 is 1.79 bits per heavy atom. The van der Waals surface area contributed by atoms with Crippen molar-refractivity contribution in [2.24, 2.45) is 0 Å². The largest absolute Gasteiger partial charge is 0.341 e. The number of carbonyl (C=O) groups excluding carboxylic acids is 2. The summed E-state index contributed by atoms with van der Waals surface area (Å²) in [6.45, 7) is 5.83. The van der Waals surface area contributed by atoms with Gasteiger partial charge in [-0.2, -0.15) is 11.8 Å². The molecule has 0 unspecified atom stereocenters. The molecule has 0 spiro atoms. The maximum absolute atomic E-state index is 12.3. The van der Waals surface area contributed by atoms with E-state index in [1.807, 2.05) is 54.8 Å². The van der Waals surface area contributed by atoms with Crippen molar-refractivity contribution in [2.45, 2.75) is 33.2 Å². The average Bonchev–Trinajstić information content (AvgIpc) is 2.94. The molecule has 0 bridgehead atoms. The number of benzene rings is 1. The van der Waals surface area contributed by atoms with Gasteiger partial charge < -0.3 is 14.8 Å². The van der Waals surface area contributed by atoms with E-state index in [0.717, 1.165) is 40.7 Å². The van der Waals surface area contributed by atoms with Crippen LogP contribution in [0.15, 0.2) is 29.1 Å². The lowest BCUT2D eigenvalue weighted by Gasteiger charge is -2.26. The molecule has 2 amide bonds. The lowest BCUT2D eigenvalue weighted by atomic mass is 10.1. The molecular formula is C20H25N3O3S2. The second kappa shape index (κ2) is 9.43. The highest BCUT2D eigenvalue weighted by molar-refractivity contribution is 7.99. The Kier molecular flexibility index (Phi) is 6.96. The monoisotopic (exact) mass is 419 g/mol. The Morgan fingerprint density at radius 1 is 1.11 bits per heavy atom. The van der Waals surface area contributed by atoms with Crippen molar-refractivity contribution in [1.29, 1.82) is 0 Å². The standard InChI is InChI=1S/C20H25N3O3S2/c1-14-15(2)28-20(26)23(14)8-7-18(24)21-17-5-3-16(4-6-17)13-19(25)22-9-11-27-12-10-22/h3-6H,7-13H2,1-2H3,(H,21,24). The average molecular weight is 420 g/mol. The number of anilines is 1. The van der Waals surface area contributed by atoms with Gasteiger partial charge in [-0.15, -0.1) is 0 Å². The van der Waals surface area contributed by atoms with Crippen molar-refractivity contribution in [1.82, 2.24) is 9.47 Å². The van der Waals surface area contributed by atoms with Gasteiger partial charge in [0.25, 0.3) is 0 Å². The Balaban J connectivity index is 1.50. The number of amides is 2. The van der Waals surface area contributed by atoms with Crippen molar-refractivity contribution < 1.29 is 9.59 Å². The third-order valence-electron chi connectivity index (χ3n) is 4.89. The van der Waals surface area contributed by atoms with Gasteiger partial charge in [-0.25, -0.2) is 0 Å². The van der Waals surface area contributed by atoms with Gasteiger partial charge in [-0.3, -0.25) is 14.4 Å². The molecule has 1 aliphatic rings. The smallest absolute Gasteiger partial charge is 0.307 e. The van der Waals surface area contributed by atoms with Crippen LogP contribution in [0.25, 0.3) is 0 Å². The molecule has 0 aliphatic carbocycles. The molecule has 0 atom stereocenters. The van der Waals surface area contributed by atoms with Crippen LogP contribution >= 0.6 is 23.1 Å². The topological polar surface area (TPSA) is 71.4 Å². The van der Waals surface area contributed by atoms with Crippen molar-refractivity contribution in [2.75, 3.05) is 29.9 Å². The molecule has 1 aromatic heterocycles. The summed E-state index contributed by atoms with van der Waals surface area (Å²) in [5.41, 5.74) is 2.56. The first kappa shape index (κ1) is 20.7. The Morgan fingerprint density at radius 3 is 2.39 bits per heavy atom. The van der Waals surface area contributed by atoms with Gasteiger partial charge >= 0.3 is 4.87 Å². The van der Waals surface area contributed by atoms with Crippen molar-refractivity contribution in [3.05, 3.63) is 50.1 Å². The van der Waals surface area contributed by atoms with Gasteiger partial charge in [-0.05, 0) is 31.5 Å². The zero-order valence-electron chi connectivity index (χ0n) is 16.2. The lowest BCUT2D eigenvalue weighted by molar-refractivity contribution is -0.130. The molecular weight excluding hydrogens is 394 g/mol. The highest BCUT2D eigenvalue weighted by Crippen LogP contribution is 2.15. The summed E-state index contributed by atoms with van der Waals surface area (Å²) in [5.74, 6) is 2.04. The van der Waals surface area contributed by atoms with Crippen LogP contribution in [0.5, 0.6) is 0 Å². The predicted molar refractivity (Wildman–Crippen MR) is 115 cm³/mol. The Labute approximate surface area is 172 Å². The van der Waals surface area contributed by atoms with Crippen LogP contribution in [0.2, 0.25) is 0 Å². The zero-order chi connectivity index (χ0) is 20.1. The van der Waals surface area contributed by atoms with E-state index in [1.54, 1.807) is 4.57 Å². The summed E-state index contributed by atoms with van der Waals surface area (Å²) < 4.78 is 1.65. The van der Waals surface area contributed by atoms with Gasteiger partial charge in [0.15, 0.2) is 0 Å². The second-order valence-corrected chi connectivity index (χ2v) is 9.22. The van der Waals surface area contributed by atoms with Crippen LogP contribution in [-0.2, 0) is 22.6 Å². The van der Waals surface area contributed by atoms with Crippen molar-refractivity contribution >= 4 is 40.6 Å². The van der Waals surface area contributed by atoms with Crippen molar-refractivity contribution in [3.8, 4) is 0 Å². The number of hydrogen-bond donors (Lipinski definition) is 1. The minimum atomic E-state index is -0.134. The molecule has 1 N–H and O–H groups in total. The maximum atomic E-state index is 12.3. The van der Waals surface area contributed by atoms with Crippen LogP contribution in [0.4, 0.5) is 5.69 Å².